The van der Waals surface area contributed by atoms with Gasteiger partial charge in [0.15, 0.2) is 12.4 Å². The summed E-state index contributed by atoms with van der Waals surface area (Å²) in [6, 6.07) is 29.1. The van der Waals surface area contributed by atoms with Crippen LogP contribution in [-0.2, 0) is 12.8 Å². The molecule has 6 nitrogen and oxygen atoms in total. The molecule has 8 rings (SSSR count). The minimum Gasteiger partial charge on any atom is -0.321 e. The zero-order valence-corrected chi connectivity index (χ0v) is 21.1. The minimum absolute atomic E-state index is 0. The van der Waals surface area contributed by atoms with Crippen molar-refractivity contribution in [1.29, 1.82) is 0 Å². The van der Waals surface area contributed by atoms with E-state index in [1.165, 1.54) is 38.5 Å². The second-order valence-corrected chi connectivity index (χ2v) is 9.43. The third-order valence-corrected chi connectivity index (χ3v) is 6.90. The molecule has 0 aliphatic heterocycles. The van der Waals surface area contributed by atoms with Gasteiger partial charge in [-0.3, -0.25) is 0 Å². The van der Waals surface area contributed by atoms with Gasteiger partial charge < -0.3 is 4.59 Å². The molecular formula is C32H38B3N6+2. The molecular weight excluding hydrogens is 501 g/mol. The Morgan fingerprint density at radius 3 is 2.10 bits per heavy atom. The van der Waals surface area contributed by atoms with E-state index in [1.807, 2.05) is 36.7 Å². The number of hydrogen-bond acceptors (Lipinski definition) is 1. The number of H-pyrrole nitrogens is 2. The van der Waals surface area contributed by atoms with Gasteiger partial charge in [0, 0.05) is 21.9 Å². The van der Waals surface area contributed by atoms with Crippen molar-refractivity contribution in [3.05, 3.63) is 115 Å². The summed E-state index contributed by atoms with van der Waals surface area (Å²) in [5.41, 5.74) is 7.60. The maximum atomic E-state index is 4.00. The molecule has 0 unspecified atom stereocenters. The summed E-state index contributed by atoms with van der Waals surface area (Å²) < 4.78 is 5.14. The van der Waals surface area contributed by atoms with Gasteiger partial charge in [-0.05, 0) is 35.9 Å². The predicted molar refractivity (Wildman–Crippen MR) is 177 cm³/mol. The Morgan fingerprint density at radius 2 is 1.29 bits per heavy atom. The smallest absolute Gasteiger partial charge is 0.321 e. The van der Waals surface area contributed by atoms with Crippen LogP contribution in [0.15, 0.2) is 104 Å². The third kappa shape index (κ3) is 6.30. The van der Waals surface area contributed by atoms with Crippen LogP contribution in [0.1, 0.15) is 33.4 Å². The number of para-hydroxylation sites is 1. The number of nitrogens with zero attached hydrogens (tertiary/aromatic N) is 4. The van der Waals surface area contributed by atoms with Crippen molar-refractivity contribution in [1.82, 2.24) is 19.9 Å². The maximum Gasteiger partial charge on any atom is 0.544 e. The molecule has 1 aliphatic carbocycles. The van der Waals surface area contributed by atoms with Gasteiger partial charge in [0.25, 0.3) is 7.98 Å². The molecule has 41 heavy (non-hydrogen) atoms. The summed E-state index contributed by atoms with van der Waals surface area (Å²) in [6.45, 7) is 0. The normalized spacial score (nSPS) is 10.9. The number of nitrogens with one attached hydrogen (secondary N) is 2. The summed E-state index contributed by atoms with van der Waals surface area (Å²) in [4.78, 5) is 0. The molecule has 3 aromatic heterocycles. The highest BCUT2D eigenvalue weighted by atomic mass is 15.2. The molecule has 0 spiro atoms. The zero-order valence-electron chi connectivity index (χ0n) is 21.1. The Kier molecular flexibility index (Phi) is 10.0. The van der Waals surface area contributed by atoms with Crippen LogP contribution in [0.2, 0.25) is 0 Å². The van der Waals surface area contributed by atoms with Crippen molar-refractivity contribution in [3.8, 4) is 11.3 Å². The Hall–Kier alpha value is -4.52. The van der Waals surface area contributed by atoms with E-state index in [1.54, 1.807) is 13.8 Å². The van der Waals surface area contributed by atoms with E-state index in [0.29, 0.717) is 0 Å². The Balaban J connectivity index is 0.000000166. The summed E-state index contributed by atoms with van der Waals surface area (Å²) in [5, 5.41) is 15.3. The molecule has 203 valence electrons. The topological polar surface area (TPSA) is 57.2 Å². The van der Waals surface area contributed by atoms with E-state index in [-0.39, 0.29) is 22.3 Å². The highest BCUT2D eigenvalue weighted by molar-refractivity contribution is 6.10. The summed E-state index contributed by atoms with van der Waals surface area (Å²) in [6.07, 6.45) is 8.13. The highest BCUT2D eigenvalue weighted by Gasteiger charge is 2.20. The minimum atomic E-state index is 0. The number of aromatic amines is 2. The molecule has 0 fully saturated rings. The fraction of sp³-hybridized carbons (Fsp3) is 0.156. The Morgan fingerprint density at radius 1 is 0.659 bits per heavy atom. The zero-order chi connectivity index (χ0) is 26.1. The van der Waals surface area contributed by atoms with Crippen LogP contribution in [0.5, 0.6) is 0 Å². The molecule has 0 saturated heterocycles. The third-order valence-electron chi connectivity index (χ3n) is 6.90. The SMILES string of the molecule is C.C.C.[BH][n+]1cc2c([nH]1)-c1ccccc1CC2.[BH][n+]1cc2ccc3ccccc3c2[nH]1.[BH]n1ncc2ccccc21. The summed E-state index contributed by atoms with van der Waals surface area (Å²) >= 11 is 0. The first-order valence-electron chi connectivity index (χ1n) is 12.6. The lowest BCUT2D eigenvalue weighted by Crippen LogP contribution is -2.31. The van der Waals surface area contributed by atoms with Gasteiger partial charge in [0.2, 0.25) is 0 Å². The first kappa shape index (κ1) is 31.0. The van der Waals surface area contributed by atoms with Gasteiger partial charge in [0.1, 0.15) is 11.2 Å². The molecule has 0 amide bonds. The van der Waals surface area contributed by atoms with Crippen LogP contribution in [0, 0.1) is 0 Å². The van der Waals surface area contributed by atoms with Crippen molar-refractivity contribution >= 4 is 56.5 Å². The van der Waals surface area contributed by atoms with E-state index in [4.69, 9.17) is 0 Å². The molecule has 2 N–H and O–H groups in total. The second kappa shape index (κ2) is 13.2. The number of aromatic nitrogens is 6. The Bertz CT molecular complexity index is 1890. The van der Waals surface area contributed by atoms with Crippen molar-refractivity contribution < 1.29 is 9.19 Å². The van der Waals surface area contributed by atoms with E-state index in [9.17, 15) is 0 Å². The maximum absolute atomic E-state index is 4.00. The fourth-order valence-electron chi connectivity index (χ4n) is 5.07. The van der Waals surface area contributed by atoms with E-state index < -0.39 is 0 Å². The first-order valence-corrected chi connectivity index (χ1v) is 12.6. The number of fused-ring (bicyclic) bond motifs is 7. The number of rotatable bonds is 0. The average Bonchev–Trinajstić information content (AvgIpc) is 3.65. The standard InChI is InChI=1S/C11H11BN2.C11H9BN2.C7H6BN2.3CH4/c2*12-14-7-9-6-5-8-3-1-2-4-10(8)11(9)13-14;8-10-7-4-2-1-3-6(7)5-9-10;;;/h1-4,7,12-13H,5-6H2;1-7,12-13H;1-5,8H;3*1H4/q2*+1;;;;. The van der Waals surface area contributed by atoms with Crippen molar-refractivity contribution in [2.45, 2.75) is 35.1 Å². The van der Waals surface area contributed by atoms with E-state index >= 15 is 0 Å². The largest absolute Gasteiger partial charge is 0.544 e. The van der Waals surface area contributed by atoms with Crippen molar-refractivity contribution in [2.75, 3.05) is 0 Å². The molecule has 4 aromatic carbocycles. The molecule has 7 aromatic rings. The van der Waals surface area contributed by atoms with E-state index in [2.05, 4.69) is 106 Å². The number of benzene rings is 4. The molecule has 3 radical (unpaired) electrons. The monoisotopic (exact) mass is 539 g/mol. The molecule has 9 heteroatoms. The number of hydrogen-bond donors (Lipinski definition) is 2. The lowest BCUT2D eigenvalue weighted by molar-refractivity contribution is -0.585. The molecule has 0 bridgehead atoms. The molecule has 1 aliphatic rings. The average molecular weight is 539 g/mol. The van der Waals surface area contributed by atoms with Crippen LogP contribution in [0.25, 0.3) is 43.8 Å². The quantitative estimate of drug-likeness (QED) is 0.272. The van der Waals surface area contributed by atoms with E-state index in [0.717, 1.165) is 29.3 Å². The lowest BCUT2D eigenvalue weighted by Gasteiger charge is -2.12. The molecule has 0 atom stereocenters. The predicted octanol–water partition coefficient (Wildman–Crippen LogP) is 4.61. The van der Waals surface area contributed by atoms with Gasteiger partial charge in [0.05, 0.1) is 17.1 Å². The van der Waals surface area contributed by atoms with Crippen LogP contribution < -0.4 is 9.19 Å². The van der Waals surface area contributed by atoms with Gasteiger partial charge in [-0.15, -0.1) is 0 Å². The van der Waals surface area contributed by atoms with Crippen molar-refractivity contribution in [3.63, 3.8) is 0 Å². The van der Waals surface area contributed by atoms with Crippen LogP contribution in [0.3, 0.4) is 0 Å². The molecule has 3 heterocycles. The summed E-state index contributed by atoms with van der Waals surface area (Å²) in [7, 11) is 11.4. The van der Waals surface area contributed by atoms with Crippen LogP contribution >= 0.6 is 0 Å². The van der Waals surface area contributed by atoms with Crippen molar-refractivity contribution in [2.24, 2.45) is 0 Å². The van der Waals surface area contributed by atoms with Gasteiger partial charge in [-0.1, -0.05) is 95.1 Å². The lowest BCUT2D eigenvalue weighted by atomic mass is 9.91. The number of aryl methyl sites for hydroxylation is 2. The fourth-order valence-corrected chi connectivity index (χ4v) is 5.07. The molecule has 0 saturated carbocycles. The first-order chi connectivity index (χ1) is 18.6. The highest BCUT2D eigenvalue weighted by Crippen LogP contribution is 2.30. The van der Waals surface area contributed by atoms with Gasteiger partial charge in [-0.2, -0.15) is 15.3 Å². The van der Waals surface area contributed by atoms with Crippen LogP contribution in [0.4, 0.5) is 0 Å². The van der Waals surface area contributed by atoms with Gasteiger partial charge >= 0.3 is 16.0 Å². The summed E-state index contributed by atoms with van der Waals surface area (Å²) in [5.74, 6) is 0. The second-order valence-electron chi connectivity index (χ2n) is 9.43. The Labute approximate surface area is 246 Å². The van der Waals surface area contributed by atoms with Crippen LogP contribution in [-0.4, -0.2) is 43.8 Å². The van der Waals surface area contributed by atoms with Gasteiger partial charge in [-0.25, -0.2) is 9.19 Å².